The van der Waals surface area contributed by atoms with E-state index in [2.05, 4.69) is 11.4 Å². The Morgan fingerprint density at radius 2 is 1.91 bits per heavy atom. The predicted octanol–water partition coefficient (Wildman–Crippen LogP) is 3.14. The van der Waals surface area contributed by atoms with Gasteiger partial charge in [-0.15, -0.1) is 0 Å². The van der Waals surface area contributed by atoms with Gasteiger partial charge < -0.3 is 10.1 Å². The number of amides is 1. The average Bonchev–Trinajstić information content (AvgIpc) is 2.54. The Labute approximate surface area is 130 Å². The number of nitrogens with one attached hydrogen (secondary N) is 1. The number of aryl methyl sites for hydroxylation is 1. The van der Waals surface area contributed by atoms with E-state index in [1.54, 1.807) is 19.2 Å². The number of methoxy groups -OCH3 is 1. The first kappa shape index (κ1) is 15.7. The van der Waals surface area contributed by atoms with Crippen molar-refractivity contribution in [3.63, 3.8) is 0 Å². The van der Waals surface area contributed by atoms with Gasteiger partial charge in [0.05, 0.1) is 12.7 Å². The highest BCUT2D eigenvalue weighted by Crippen LogP contribution is 2.17. The maximum atomic E-state index is 12.3. The highest BCUT2D eigenvalue weighted by Gasteiger charge is 2.16. The monoisotopic (exact) mass is 294 g/mol. The molecule has 4 heteroatoms. The third-order valence-corrected chi connectivity index (χ3v) is 3.43. The van der Waals surface area contributed by atoms with E-state index >= 15 is 0 Å². The summed E-state index contributed by atoms with van der Waals surface area (Å²) in [7, 11) is 1.63. The summed E-state index contributed by atoms with van der Waals surface area (Å²) in [6, 6.07) is 16.2. The van der Waals surface area contributed by atoms with Crippen molar-refractivity contribution in [2.45, 2.75) is 19.6 Å². The van der Waals surface area contributed by atoms with Gasteiger partial charge in [0.15, 0.2) is 0 Å². The van der Waals surface area contributed by atoms with Crippen molar-refractivity contribution in [3.05, 3.63) is 70.8 Å². The normalized spacial score (nSPS) is 11.5. The van der Waals surface area contributed by atoms with E-state index in [0.29, 0.717) is 12.2 Å². The van der Waals surface area contributed by atoms with Crippen molar-refractivity contribution >= 4 is 5.91 Å². The van der Waals surface area contributed by atoms with Crippen LogP contribution in [0.5, 0.6) is 0 Å². The number of hydrogen-bond acceptors (Lipinski definition) is 3. The lowest BCUT2D eigenvalue weighted by Crippen LogP contribution is -2.28. The van der Waals surface area contributed by atoms with Gasteiger partial charge in [0.2, 0.25) is 0 Å². The molecule has 0 aromatic heterocycles. The molecule has 1 amide bonds. The van der Waals surface area contributed by atoms with Crippen LogP contribution in [0, 0.1) is 18.3 Å². The average molecular weight is 294 g/mol. The largest absolute Gasteiger partial charge is 0.380 e. The number of ether oxygens (including phenoxy) is 1. The zero-order chi connectivity index (χ0) is 15.9. The molecule has 0 aliphatic carbocycles. The Morgan fingerprint density at radius 1 is 1.23 bits per heavy atom. The minimum absolute atomic E-state index is 0.265. The molecule has 0 aliphatic rings. The Bertz CT molecular complexity index is 687. The van der Waals surface area contributed by atoms with Crippen LogP contribution in [0.25, 0.3) is 0 Å². The van der Waals surface area contributed by atoms with Crippen molar-refractivity contribution < 1.29 is 9.53 Å². The van der Waals surface area contributed by atoms with Crippen molar-refractivity contribution in [3.8, 4) is 6.07 Å². The maximum absolute atomic E-state index is 12.3. The van der Waals surface area contributed by atoms with Gasteiger partial charge in [-0.25, -0.2) is 0 Å². The molecule has 0 bridgehead atoms. The fourth-order valence-corrected chi connectivity index (χ4v) is 2.22. The zero-order valence-corrected chi connectivity index (χ0v) is 12.7. The quantitative estimate of drug-likeness (QED) is 0.921. The molecule has 4 nitrogen and oxygen atoms in total. The number of carbonyl (C=O) groups excluding carboxylic acids is 1. The minimum Gasteiger partial charge on any atom is -0.380 e. The van der Waals surface area contributed by atoms with Crippen LogP contribution in [0.3, 0.4) is 0 Å². The third-order valence-electron chi connectivity index (χ3n) is 3.43. The summed E-state index contributed by atoms with van der Waals surface area (Å²) < 4.78 is 5.04. The van der Waals surface area contributed by atoms with Gasteiger partial charge >= 0.3 is 0 Å². The Hall–Kier alpha value is -2.64. The number of nitriles is 1. The van der Waals surface area contributed by atoms with E-state index in [0.717, 1.165) is 16.7 Å². The van der Waals surface area contributed by atoms with Crippen LogP contribution >= 0.6 is 0 Å². The molecular formula is C18H18N2O2. The Morgan fingerprint density at radius 3 is 2.50 bits per heavy atom. The standard InChI is InChI=1S/C18H18N2O2/c1-13-5-3-4-6-16(13)17(11-19)20-18(21)15-9-7-14(8-10-15)12-22-2/h3-10,17H,12H2,1-2H3,(H,20,21)/t17-/m0/s1. The molecule has 22 heavy (non-hydrogen) atoms. The fraction of sp³-hybridized carbons (Fsp3) is 0.222. The highest BCUT2D eigenvalue weighted by atomic mass is 16.5. The summed E-state index contributed by atoms with van der Waals surface area (Å²) in [5, 5.41) is 12.1. The van der Waals surface area contributed by atoms with E-state index in [1.165, 1.54) is 0 Å². The van der Waals surface area contributed by atoms with E-state index in [9.17, 15) is 10.1 Å². The second kappa shape index (κ2) is 7.39. The van der Waals surface area contributed by atoms with E-state index in [-0.39, 0.29) is 5.91 Å². The van der Waals surface area contributed by atoms with Gasteiger partial charge in [0, 0.05) is 12.7 Å². The Balaban J connectivity index is 2.13. The van der Waals surface area contributed by atoms with Crippen LogP contribution in [0.15, 0.2) is 48.5 Å². The predicted molar refractivity (Wildman–Crippen MR) is 84.2 cm³/mol. The summed E-state index contributed by atoms with van der Waals surface area (Å²) in [6.45, 7) is 2.43. The molecule has 1 N–H and O–H groups in total. The first-order valence-corrected chi connectivity index (χ1v) is 6.99. The zero-order valence-electron chi connectivity index (χ0n) is 12.7. The topological polar surface area (TPSA) is 62.1 Å². The molecule has 0 fully saturated rings. The molecule has 2 aromatic rings. The summed E-state index contributed by atoms with van der Waals surface area (Å²) in [6.07, 6.45) is 0. The smallest absolute Gasteiger partial charge is 0.252 e. The third kappa shape index (κ3) is 3.72. The van der Waals surface area contributed by atoms with Crippen molar-refractivity contribution in [2.75, 3.05) is 7.11 Å². The molecule has 0 saturated heterocycles. The second-order valence-electron chi connectivity index (χ2n) is 5.02. The van der Waals surface area contributed by atoms with Crippen molar-refractivity contribution in [1.82, 2.24) is 5.32 Å². The molecule has 112 valence electrons. The second-order valence-corrected chi connectivity index (χ2v) is 5.02. The molecule has 0 radical (unpaired) electrons. The lowest BCUT2D eigenvalue weighted by molar-refractivity contribution is 0.0945. The summed E-state index contributed by atoms with van der Waals surface area (Å²) in [5.41, 5.74) is 3.31. The van der Waals surface area contributed by atoms with Crippen molar-refractivity contribution in [2.24, 2.45) is 0 Å². The summed E-state index contributed by atoms with van der Waals surface area (Å²) in [4.78, 5) is 12.3. The first-order valence-electron chi connectivity index (χ1n) is 6.99. The SMILES string of the molecule is COCc1ccc(C(=O)N[C@@H](C#N)c2ccccc2C)cc1. The van der Waals surface area contributed by atoms with E-state index in [4.69, 9.17) is 4.74 Å². The lowest BCUT2D eigenvalue weighted by Gasteiger charge is -2.14. The molecular weight excluding hydrogens is 276 g/mol. The molecule has 0 unspecified atom stereocenters. The van der Waals surface area contributed by atoms with Crippen LogP contribution < -0.4 is 5.32 Å². The number of benzene rings is 2. The van der Waals surface area contributed by atoms with E-state index in [1.807, 2.05) is 43.3 Å². The molecule has 2 rings (SSSR count). The highest BCUT2D eigenvalue weighted by molar-refractivity contribution is 5.94. The first-order chi connectivity index (χ1) is 10.7. The van der Waals surface area contributed by atoms with Gasteiger partial charge in [-0.05, 0) is 35.7 Å². The fourth-order valence-electron chi connectivity index (χ4n) is 2.22. The molecule has 0 aliphatic heterocycles. The molecule has 0 saturated carbocycles. The summed E-state index contributed by atoms with van der Waals surface area (Å²) in [5.74, 6) is -0.265. The van der Waals surface area contributed by atoms with Crippen LogP contribution in [0.2, 0.25) is 0 Å². The Kier molecular flexibility index (Phi) is 5.29. The molecule has 2 aromatic carbocycles. The van der Waals surface area contributed by atoms with Gasteiger partial charge in [-0.2, -0.15) is 5.26 Å². The van der Waals surface area contributed by atoms with Crippen LogP contribution in [-0.2, 0) is 11.3 Å². The summed E-state index contributed by atoms with van der Waals surface area (Å²) >= 11 is 0. The van der Waals surface area contributed by atoms with Crippen LogP contribution in [-0.4, -0.2) is 13.0 Å². The van der Waals surface area contributed by atoms with Crippen molar-refractivity contribution in [1.29, 1.82) is 5.26 Å². The minimum atomic E-state index is -0.660. The lowest BCUT2D eigenvalue weighted by atomic mass is 10.0. The van der Waals surface area contributed by atoms with Crippen LogP contribution in [0.1, 0.15) is 33.1 Å². The number of rotatable bonds is 5. The van der Waals surface area contributed by atoms with Crippen LogP contribution in [0.4, 0.5) is 0 Å². The maximum Gasteiger partial charge on any atom is 0.252 e. The number of hydrogen-bond donors (Lipinski definition) is 1. The number of nitrogens with zero attached hydrogens (tertiary/aromatic N) is 1. The van der Waals surface area contributed by atoms with Gasteiger partial charge in [0.25, 0.3) is 5.91 Å². The number of carbonyl (C=O) groups is 1. The van der Waals surface area contributed by atoms with Gasteiger partial charge in [-0.3, -0.25) is 4.79 Å². The molecule has 1 atom stereocenters. The molecule has 0 heterocycles. The van der Waals surface area contributed by atoms with E-state index < -0.39 is 6.04 Å². The van der Waals surface area contributed by atoms with Gasteiger partial charge in [-0.1, -0.05) is 36.4 Å². The van der Waals surface area contributed by atoms with Gasteiger partial charge in [0.1, 0.15) is 6.04 Å². The molecule has 0 spiro atoms.